The molecule has 0 aromatic heterocycles. The van der Waals surface area contributed by atoms with Gasteiger partial charge >= 0.3 is 0 Å². The molecule has 1 saturated carbocycles. The van der Waals surface area contributed by atoms with E-state index >= 15 is 0 Å². The lowest BCUT2D eigenvalue weighted by Crippen LogP contribution is -2.50. The highest BCUT2D eigenvalue weighted by Gasteiger charge is 2.39. The molecule has 10 heteroatoms. The number of sulfone groups is 1. The van der Waals surface area contributed by atoms with E-state index in [0.717, 1.165) is 24.0 Å². The monoisotopic (exact) mass is 669 g/mol. The van der Waals surface area contributed by atoms with Gasteiger partial charge in [0.05, 0.1) is 22.4 Å². The van der Waals surface area contributed by atoms with Gasteiger partial charge in [-0.2, -0.15) is 0 Å². The second-order valence-corrected chi connectivity index (χ2v) is 14.7. The first-order valence-corrected chi connectivity index (χ1v) is 17.2. The standard InChI is InChI=1S/C32H33BrClN3O4S/c33-26-20-25-12-14-37(32(39)24-6-7-24)31(25)28(21-26)42(40,41)19-13-29(38)35-15-17-36(18-16-35)30(22-4-2-1-3-5-22)23-8-10-27(34)11-9-23/h1-5,8-11,20-21,24,30H,6-7,12-19H2. The molecule has 2 amide bonds. The molecule has 2 fully saturated rings. The zero-order valence-corrected chi connectivity index (χ0v) is 26.4. The van der Waals surface area contributed by atoms with Gasteiger partial charge in [0.15, 0.2) is 9.84 Å². The molecule has 220 valence electrons. The van der Waals surface area contributed by atoms with Crippen molar-refractivity contribution in [3.63, 3.8) is 0 Å². The Morgan fingerprint density at radius 2 is 1.57 bits per heavy atom. The maximum atomic E-state index is 13.6. The third-order valence-electron chi connectivity index (χ3n) is 8.44. The van der Waals surface area contributed by atoms with Crippen LogP contribution in [-0.2, 0) is 25.8 Å². The van der Waals surface area contributed by atoms with Gasteiger partial charge in [-0.3, -0.25) is 14.5 Å². The summed E-state index contributed by atoms with van der Waals surface area (Å²) in [5.41, 5.74) is 3.66. The van der Waals surface area contributed by atoms with E-state index < -0.39 is 9.84 Å². The van der Waals surface area contributed by atoms with Crippen LogP contribution >= 0.6 is 27.5 Å². The molecule has 7 nitrogen and oxygen atoms in total. The molecule has 0 radical (unpaired) electrons. The number of halogens is 2. The molecule has 0 N–H and O–H groups in total. The van der Waals surface area contributed by atoms with Crippen LogP contribution in [0.15, 0.2) is 76.1 Å². The average Bonchev–Trinajstić information content (AvgIpc) is 3.76. The number of benzene rings is 3. The summed E-state index contributed by atoms with van der Waals surface area (Å²) in [7, 11) is -3.81. The molecule has 1 unspecified atom stereocenters. The van der Waals surface area contributed by atoms with Crippen LogP contribution in [0.4, 0.5) is 5.69 Å². The van der Waals surface area contributed by atoms with Crippen molar-refractivity contribution in [2.75, 3.05) is 43.4 Å². The van der Waals surface area contributed by atoms with Crippen LogP contribution in [0.5, 0.6) is 0 Å². The van der Waals surface area contributed by atoms with Crippen LogP contribution in [0.3, 0.4) is 0 Å². The zero-order chi connectivity index (χ0) is 29.4. The van der Waals surface area contributed by atoms with Crippen LogP contribution < -0.4 is 4.90 Å². The molecule has 3 aromatic carbocycles. The minimum atomic E-state index is -3.81. The first-order valence-electron chi connectivity index (χ1n) is 14.4. The van der Waals surface area contributed by atoms with Gasteiger partial charge in [0.2, 0.25) is 11.8 Å². The Balaban J connectivity index is 1.12. The van der Waals surface area contributed by atoms with Crippen molar-refractivity contribution in [3.8, 4) is 0 Å². The predicted octanol–water partition coefficient (Wildman–Crippen LogP) is 5.50. The smallest absolute Gasteiger partial charge is 0.230 e. The summed E-state index contributed by atoms with van der Waals surface area (Å²) < 4.78 is 27.9. The highest BCUT2D eigenvalue weighted by Crippen LogP contribution is 2.41. The number of rotatable bonds is 8. The van der Waals surface area contributed by atoms with Crippen LogP contribution in [0, 0.1) is 5.92 Å². The van der Waals surface area contributed by atoms with Crippen molar-refractivity contribution in [1.82, 2.24) is 9.80 Å². The van der Waals surface area contributed by atoms with Gasteiger partial charge in [-0.15, -0.1) is 0 Å². The number of hydrogen-bond donors (Lipinski definition) is 0. The Bertz CT molecular complexity index is 1590. The lowest BCUT2D eigenvalue weighted by atomic mass is 9.96. The van der Waals surface area contributed by atoms with Crippen molar-refractivity contribution in [1.29, 1.82) is 0 Å². The minimum Gasteiger partial charge on any atom is -0.340 e. The maximum Gasteiger partial charge on any atom is 0.230 e. The van der Waals surface area contributed by atoms with Gasteiger partial charge in [-0.1, -0.05) is 70.0 Å². The number of piperazine rings is 1. The molecule has 1 saturated heterocycles. The Hall–Kier alpha value is -2.72. The molecule has 0 bridgehead atoms. The van der Waals surface area contributed by atoms with Crippen molar-refractivity contribution < 1.29 is 18.0 Å². The highest BCUT2D eigenvalue weighted by molar-refractivity contribution is 9.10. The summed E-state index contributed by atoms with van der Waals surface area (Å²) in [5, 5.41) is 0.686. The first-order chi connectivity index (χ1) is 20.2. The number of carbonyl (C=O) groups is 2. The number of hydrogen-bond acceptors (Lipinski definition) is 5. The third kappa shape index (κ3) is 6.16. The third-order valence-corrected chi connectivity index (χ3v) is 10.9. The summed E-state index contributed by atoms with van der Waals surface area (Å²) in [6.45, 7) is 2.86. The molecule has 6 rings (SSSR count). The van der Waals surface area contributed by atoms with E-state index in [1.807, 2.05) is 48.5 Å². The van der Waals surface area contributed by atoms with Crippen molar-refractivity contribution in [3.05, 3.63) is 92.9 Å². The van der Waals surface area contributed by atoms with Gasteiger partial charge in [0.1, 0.15) is 0 Å². The summed E-state index contributed by atoms with van der Waals surface area (Å²) in [5.74, 6) is -0.457. The molecule has 1 aliphatic carbocycles. The number of amides is 2. The number of anilines is 1. The fourth-order valence-corrected chi connectivity index (χ4v) is 8.38. The van der Waals surface area contributed by atoms with Crippen LogP contribution in [-0.4, -0.2) is 68.5 Å². The predicted molar refractivity (Wildman–Crippen MR) is 167 cm³/mol. The van der Waals surface area contributed by atoms with Crippen molar-refractivity contribution in [2.45, 2.75) is 36.6 Å². The van der Waals surface area contributed by atoms with Crippen molar-refractivity contribution in [2.24, 2.45) is 5.92 Å². The molecule has 2 heterocycles. The van der Waals surface area contributed by atoms with E-state index in [1.54, 1.807) is 15.9 Å². The maximum absolute atomic E-state index is 13.6. The Morgan fingerprint density at radius 1 is 0.905 bits per heavy atom. The minimum absolute atomic E-state index is 0.00317. The molecule has 3 aromatic rings. The fraction of sp³-hybridized carbons (Fsp3) is 0.375. The van der Waals surface area contributed by atoms with Gasteiger partial charge in [-0.05, 0) is 60.2 Å². The van der Waals surface area contributed by atoms with Crippen LogP contribution in [0.1, 0.15) is 42.0 Å². The largest absolute Gasteiger partial charge is 0.340 e. The molecule has 1 atom stereocenters. The van der Waals surface area contributed by atoms with Gasteiger partial charge in [0.25, 0.3) is 0 Å². The van der Waals surface area contributed by atoms with E-state index in [-0.39, 0.29) is 40.8 Å². The fourth-order valence-electron chi connectivity index (χ4n) is 6.09. The second kappa shape index (κ2) is 12.1. The van der Waals surface area contributed by atoms with Gasteiger partial charge in [0, 0.05) is 54.6 Å². The first kappa shape index (κ1) is 29.4. The van der Waals surface area contributed by atoms with E-state index in [9.17, 15) is 18.0 Å². The van der Waals surface area contributed by atoms with E-state index in [4.69, 9.17) is 11.6 Å². The summed E-state index contributed by atoms with van der Waals surface area (Å²) >= 11 is 9.60. The Morgan fingerprint density at radius 3 is 2.24 bits per heavy atom. The van der Waals surface area contributed by atoms with Crippen LogP contribution in [0.25, 0.3) is 0 Å². The summed E-state index contributed by atoms with van der Waals surface area (Å²) in [6.07, 6.45) is 2.24. The zero-order valence-electron chi connectivity index (χ0n) is 23.2. The average molecular weight is 671 g/mol. The lowest BCUT2D eigenvalue weighted by molar-refractivity contribution is -0.132. The van der Waals surface area contributed by atoms with E-state index in [0.29, 0.717) is 54.3 Å². The highest BCUT2D eigenvalue weighted by atomic mass is 79.9. The Labute approximate surface area is 260 Å². The number of carbonyl (C=O) groups excluding carboxylic acids is 2. The molecular weight excluding hydrogens is 638 g/mol. The SMILES string of the molecule is O=C(CCS(=O)(=O)c1cc(Br)cc2c1N(C(=O)C1CC1)CC2)N1CCN(C(c2ccccc2)c2ccc(Cl)cc2)CC1. The normalized spacial score (nSPS) is 18.1. The number of fused-ring (bicyclic) bond motifs is 1. The summed E-state index contributed by atoms with van der Waals surface area (Å²) in [6, 6.07) is 21.7. The lowest BCUT2D eigenvalue weighted by Gasteiger charge is -2.40. The number of nitrogens with zero attached hydrogens (tertiary/aromatic N) is 3. The van der Waals surface area contributed by atoms with Crippen LogP contribution in [0.2, 0.25) is 5.02 Å². The second-order valence-electron chi connectivity index (χ2n) is 11.3. The van der Waals surface area contributed by atoms with Crippen molar-refractivity contribution >= 4 is 54.9 Å². The van der Waals surface area contributed by atoms with Gasteiger partial charge in [-0.25, -0.2) is 8.42 Å². The quantitative estimate of drug-likeness (QED) is 0.317. The van der Waals surface area contributed by atoms with E-state index in [1.165, 1.54) is 5.56 Å². The molecule has 0 spiro atoms. The molecule has 42 heavy (non-hydrogen) atoms. The topological polar surface area (TPSA) is 78.0 Å². The molecular formula is C32H33BrClN3O4S. The van der Waals surface area contributed by atoms with E-state index in [2.05, 4.69) is 33.0 Å². The summed E-state index contributed by atoms with van der Waals surface area (Å²) in [4.78, 5) is 32.1. The molecule has 2 aliphatic heterocycles. The van der Waals surface area contributed by atoms with Gasteiger partial charge < -0.3 is 9.80 Å². The Kier molecular flexibility index (Phi) is 8.46. The molecule has 3 aliphatic rings.